The first-order valence-electron chi connectivity index (χ1n) is 9.37. The molecular formula is C20H23N5OS. The lowest BCUT2D eigenvalue weighted by molar-refractivity contribution is -0.122. The third-order valence-electron chi connectivity index (χ3n) is 4.91. The van der Waals surface area contributed by atoms with E-state index in [1.54, 1.807) is 17.7 Å². The lowest BCUT2D eigenvalue weighted by atomic mass is 10.2. The van der Waals surface area contributed by atoms with Crippen molar-refractivity contribution in [3.63, 3.8) is 0 Å². The highest BCUT2D eigenvalue weighted by Crippen LogP contribution is 2.43. The first-order chi connectivity index (χ1) is 13.2. The lowest BCUT2D eigenvalue weighted by Gasteiger charge is -2.26. The van der Waals surface area contributed by atoms with Crippen molar-refractivity contribution in [2.75, 3.05) is 11.4 Å². The Hall–Kier alpha value is -2.54. The Bertz CT molecular complexity index is 938. The number of nitrogens with one attached hydrogen (secondary N) is 1. The summed E-state index contributed by atoms with van der Waals surface area (Å²) >= 11 is 1.59. The molecule has 0 saturated heterocycles. The third-order valence-corrected chi connectivity index (χ3v) is 6.02. The maximum Gasteiger partial charge on any atom is 0.242 e. The van der Waals surface area contributed by atoms with Crippen LogP contribution >= 0.6 is 11.3 Å². The molecule has 0 unspecified atom stereocenters. The van der Waals surface area contributed by atoms with E-state index < -0.39 is 0 Å². The average molecular weight is 382 g/mol. The molecule has 0 radical (unpaired) electrons. The number of carbonyl (C=O) groups excluding carboxylic acids is 1. The van der Waals surface area contributed by atoms with Gasteiger partial charge in [0.05, 0.1) is 10.4 Å². The van der Waals surface area contributed by atoms with Crippen LogP contribution in [0.2, 0.25) is 0 Å². The van der Waals surface area contributed by atoms with E-state index in [0.29, 0.717) is 19.0 Å². The number of aromatic nitrogens is 3. The Labute approximate surface area is 162 Å². The zero-order valence-electron chi connectivity index (χ0n) is 15.6. The first-order valence-corrected chi connectivity index (χ1v) is 10.2. The number of benzene rings is 1. The summed E-state index contributed by atoms with van der Waals surface area (Å²) in [6, 6.07) is 9.63. The highest BCUT2D eigenvalue weighted by molar-refractivity contribution is 7.22. The molecule has 1 aliphatic rings. The van der Waals surface area contributed by atoms with Gasteiger partial charge in [0.25, 0.3) is 0 Å². The Kier molecular flexibility index (Phi) is 5.03. The molecule has 27 heavy (non-hydrogen) atoms. The predicted molar refractivity (Wildman–Crippen MR) is 108 cm³/mol. The van der Waals surface area contributed by atoms with Crippen molar-refractivity contribution >= 4 is 32.7 Å². The predicted octanol–water partition coefficient (Wildman–Crippen LogP) is 3.49. The van der Waals surface area contributed by atoms with Crippen LogP contribution in [-0.2, 0) is 11.3 Å². The van der Waals surface area contributed by atoms with Crippen molar-refractivity contribution in [1.82, 2.24) is 20.3 Å². The second-order valence-corrected chi connectivity index (χ2v) is 7.83. The maximum atomic E-state index is 12.7. The van der Waals surface area contributed by atoms with Gasteiger partial charge in [-0.3, -0.25) is 4.79 Å². The van der Waals surface area contributed by atoms with Crippen molar-refractivity contribution in [2.24, 2.45) is 0 Å². The number of anilines is 1. The molecule has 0 bridgehead atoms. The van der Waals surface area contributed by atoms with E-state index in [1.165, 1.54) is 12.8 Å². The highest BCUT2D eigenvalue weighted by Gasteiger charge is 2.30. The highest BCUT2D eigenvalue weighted by atomic mass is 32.1. The van der Waals surface area contributed by atoms with Crippen LogP contribution in [0.1, 0.15) is 43.9 Å². The van der Waals surface area contributed by atoms with Gasteiger partial charge < -0.3 is 10.2 Å². The number of rotatable bonds is 7. The molecular weight excluding hydrogens is 358 g/mol. The molecule has 140 valence electrons. The second kappa shape index (κ2) is 7.60. The number of hydrogen-bond donors (Lipinski definition) is 1. The quantitative estimate of drug-likeness (QED) is 0.678. The summed E-state index contributed by atoms with van der Waals surface area (Å²) in [5.41, 5.74) is 2.94. The summed E-state index contributed by atoms with van der Waals surface area (Å²) in [7, 11) is 0. The van der Waals surface area contributed by atoms with Crippen molar-refractivity contribution in [1.29, 1.82) is 0 Å². The standard InChI is InChI=1S/C20H23N5OS/c1-3-25(13(2)19(26)21-11-14-7-5-4-6-8-14)20-24-18-17(27-20)16(15-9-10-15)22-12-23-18/h4-8,12-13,15H,3,9-11H2,1-2H3,(H,21,26)/t13-/m1/s1. The Morgan fingerprint density at radius 1 is 1.30 bits per heavy atom. The summed E-state index contributed by atoms with van der Waals surface area (Å²) in [4.78, 5) is 28.2. The molecule has 0 aliphatic heterocycles. The van der Waals surface area contributed by atoms with E-state index in [2.05, 4.69) is 20.3 Å². The van der Waals surface area contributed by atoms with Gasteiger partial charge >= 0.3 is 0 Å². The fraction of sp³-hybridized carbons (Fsp3) is 0.400. The third kappa shape index (κ3) is 3.78. The van der Waals surface area contributed by atoms with Crippen LogP contribution in [0.5, 0.6) is 0 Å². The topological polar surface area (TPSA) is 71.0 Å². The van der Waals surface area contributed by atoms with E-state index in [9.17, 15) is 4.79 Å². The van der Waals surface area contributed by atoms with Gasteiger partial charge in [-0.15, -0.1) is 0 Å². The SMILES string of the molecule is CCN(c1nc2ncnc(C3CC3)c2s1)[C@H](C)C(=O)NCc1ccccc1. The average Bonchev–Trinajstić information content (AvgIpc) is 3.45. The number of nitrogens with zero attached hydrogens (tertiary/aromatic N) is 4. The number of likely N-dealkylation sites (N-methyl/N-ethyl adjacent to an activating group) is 1. The fourth-order valence-corrected chi connectivity index (χ4v) is 4.41. The molecule has 1 aromatic carbocycles. The molecule has 1 aliphatic carbocycles. The molecule has 1 fully saturated rings. The fourth-order valence-electron chi connectivity index (χ4n) is 3.18. The molecule has 1 atom stereocenters. The number of hydrogen-bond acceptors (Lipinski definition) is 6. The molecule has 0 spiro atoms. The Balaban J connectivity index is 1.51. The number of thiazole rings is 1. The van der Waals surface area contributed by atoms with Crippen molar-refractivity contribution in [2.45, 2.75) is 45.2 Å². The van der Waals surface area contributed by atoms with Crippen molar-refractivity contribution < 1.29 is 4.79 Å². The van der Waals surface area contributed by atoms with Crippen molar-refractivity contribution in [3.05, 3.63) is 47.9 Å². The van der Waals surface area contributed by atoms with Crippen LogP contribution < -0.4 is 10.2 Å². The molecule has 1 N–H and O–H groups in total. The normalized spacial score (nSPS) is 14.9. The van der Waals surface area contributed by atoms with Crippen molar-refractivity contribution in [3.8, 4) is 0 Å². The zero-order valence-corrected chi connectivity index (χ0v) is 16.4. The summed E-state index contributed by atoms with van der Waals surface area (Å²) in [6.45, 7) is 5.19. The van der Waals surface area contributed by atoms with Gasteiger partial charge in [0.2, 0.25) is 5.91 Å². The summed E-state index contributed by atoms with van der Waals surface area (Å²) in [5, 5.41) is 3.86. The van der Waals surface area contributed by atoms with E-state index in [1.807, 2.05) is 49.1 Å². The molecule has 6 nitrogen and oxygen atoms in total. The molecule has 1 amide bonds. The van der Waals surface area contributed by atoms with Gasteiger partial charge in [-0.1, -0.05) is 41.7 Å². The Morgan fingerprint density at radius 2 is 2.07 bits per heavy atom. The van der Waals surface area contributed by atoms with E-state index in [4.69, 9.17) is 0 Å². The summed E-state index contributed by atoms with van der Waals surface area (Å²) in [5.74, 6) is 0.541. The van der Waals surface area contributed by atoms with Gasteiger partial charge in [0.1, 0.15) is 12.4 Å². The molecule has 2 aromatic heterocycles. The zero-order chi connectivity index (χ0) is 18.8. The summed E-state index contributed by atoms with van der Waals surface area (Å²) in [6.07, 6.45) is 3.98. The molecule has 7 heteroatoms. The maximum absolute atomic E-state index is 12.7. The first kappa shape index (κ1) is 17.9. The smallest absolute Gasteiger partial charge is 0.242 e. The van der Waals surface area contributed by atoms with E-state index in [-0.39, 0.29) is 11.9 Å². The second-order valence-electron chi connectivity index (χ2n) is 6.85. The minimum absolute atomic E-state index is 0.00606. The molecule has 3 aromatic rings. The Morgan fingerprint density at radius 3 is 2.78 bits per heavy atom. The van der Waals surface area contributed by atoms with Crippen LogP contribution in [0.4, 0.5) is 5.13 Å². The number of amides is 1. The lowest BCUT2D eigenvalue weighted by Crippen LogP contribution is -2.45. The van der Waals surface area contributed by atoms with Gasteiger partial charge in [-0.05, 0) is 32.3 Å². The van der Waals surface area contributed by atoms with Crippen LogP contribution in [0.25, 0.3) is 10.3 Å². The van der Waals surface area contributed by atoms with Crippen LogP contribution in [0.15, 0.2) is 36.7 Å². The van der Waals surface area contributed by atoms with Gasteiger partial charge in [0, 0.05) is 19.0 Å². The molecule has 1 saturated carbocycles. The number of fused-ring (bicyclic) bond motifs is 1. The minimum Gasteiger partial charge on any atom is -0.350 e. The van der Waals surface area contributed by atoms with E-state index in [0.717, 1.165) is 26.7 Å². The number of carbonyl (C=O) groups is 1. The van der Waals surface area contributed by atoms with Gasteiger partial charge in [-0.25, -0.2) is 9.97 Å². The van der Waals surface area contributed by atoms with Gasteiger partial charge in [0.15, 0.2) is 10.8 Å². The monoisotopic (exact) mass is 381 g/mol. The van der Waals surface area contributed by atoms with Crippen LogP contribution in [-0.4, -0.2) is 33.4 Å². The van der Waals surface area contributed by atoms with Crippen LogP contribution in [0.3, 0.4) is 0 Å². The minimum atomic E-state index is -0.309. The summed E-state index contributed by atoms with van der Waals surface area (Å²) < 4.78 is 1.06. The molecule has 2 heterocycles. The van der Waals surface area contributed by atoms with Gasteiger partial charge in [-0.2, -0.15) is 4.98 Å². The van der Waals surface area contributed by atoms with E-state index >= 15 is 0 Å². The largest absolute Gasteiger partial charge is 0.350 e. The molecule has 4 rings (SSSR count). The van der Waals surface area contributed by atoms with Crippen LogP contribution in [0, 0.1) is 0 Å².